The molecule has 0 aliphatic rings. The van der Waals surface area contributed by atoms with Crippen LogP contribution in [-0.4, -0.2) is 4.21 Å². The van der Waals surface area contributed by atoms with Crippen LogP contribution in [0.2, 0.25) is 0 Å². The molecule has 0 spiro atoms. The van der Waals surface area contributed by atoms with E-state index in [0.29, 0.717) is 5.75 Å². The summed E-state index contributed by atoms with van der Waals surface area (Å²) in [4.78, 5) is 0. The first kappa shape index (κ1) is 13.9. The fourth-order valence-corrected chi connectivity index (χ4v) is 3.28. The summed E-state index contributed by atoms with van der Waals surface area (Å²) >= 11 is 0. The number of hydrogen-bond acceptors (Lipinski definition) is 1. The second-order valence-electron chi connectivity index (χ2n) is 4.65. The van der Waals surface area contributed by atoms with Crippen molar-refractivity contribution >= 4 is 10.8 Å². The zero-order valence-electron chi connectivity index (χ0n) is 11.1. The molecule has 0 aliphatic carbocycles. The third kappa shape index (κ3) is 3.51. The second kappa shape index (κ2) is 6.11. The molecule has 19 heavy (non-hydrogen) atoms. The fraction of sp³-hybridized carbons (Fsp3) is 0.250. The van der Waals surface area contributed by atoms with Crippen LogP contribution in [0.4, 0.5) is 4.39 Å². The lowest BCUT2D eigenvalue weighted by atomic mass is 10.1. The van der Waals surface area contributed by atoms with Crippen LogP contribution in [0.1, 0.15) is 28.9 Å². The molecular weight excluding hydrogens is 259 g/mol. The summed E-state index contributed by atoms with van der Waals surface area (Å²) in [5, 5.41) is -0.0970. The topological polar surface area (TPSA) is 17.1 Å². The highest BCUT2D eigenvalue weighted by Gasteiger charge is 2.14. The standard InChI is InChI=1S/C16H17FOS/c1-12-5-3-4-6-15(12)11-19(18)13(2)14-7-9-16(17)10-8-14/h3-10,13H,11H2,1-2H3/t13-,19+/m1/s1. The molecule has 2 aromatic carbocycles. The molecule has 0 bridgehead atoms. The van der Waals surface area contributed by atoms with Crippen molar-refractivity contribution in [2.45, 2.75) is 24.9 Å². The van der Waals surface area contributed by atoms with Gasteiger partial charge in [-0.3, -0.25) is 4.21 Å². The highest BCUT2D eigenvalue weighted by Crippen LogP contribution is 2.23. The zero-order chi connectivity index (χ0) is 13.8. The normalized spacial score (nSPS) is 14.1. The van der Waals surface area contributed by atoms with Gasteiger partial charge in [-0.25, -0.2) is 4.39 Å². The van der Waals surface area contributed by atoms with Gasteiger partial charge in [-0.1, -0.05) is 36.4 Å². The lowest BCUT2D eigenvalue weighted by Crippen LogP contribution is -2.06. The average Bonchev–Trinajstić information content (AvgIpc) is 2.41. The Morgan fingerprint density at radius 2 is 1.74 bits per heavy atom. The maximum Gasteiger partial charge on any atom is 0.123 e. The largest absolute Gasteiger partial charge is 0.259 e. The molecule has 0 unspecified atom stereocenters. The maximum absolute atomic E-state index is 12.9. The van der Waals surface area contributed by atoms with Crippen LogP contribution < -0.4 is 0 Å². The van der Waals surface area contributed by atoms with Crippen LogP contribution in [0.3, 0.4) is 0 Å². The summed E-state index contributed by atoms with van der Waals surface area (Å²) in [6.07, 6.45) is 0. The van der Waals surface area contributed by atoms with E-state index in [1.54, 1.807) is 12.1 Å². The van der Waals surface area contributed by atoms with E-state index in [9.17, 15) is 8.60 Å². The quantitative estimate of drug-likeness (QED) is 0.820. The van der Waals surface area contributed by atoms with E-state index in [-0.39, 0.29) is 11.1 Å². The van der Waals surface area contributed by atoms with Gasteiger partial charge in [-0.15, -0.1) is 0 Å². The Balaban J connectivity index is 2.12. The number of rotatable bonds is 4. The van der Waals surface area contributed by atoms with E-state index >= 15 is 0 Å². The molecule has 2 aromatic rings. The molecule has 3 heteroatoms. The fourth-order valence-electron chi connectivity index (χ4n) is 1.94. The molecule has 0 fully saturated rings. The maximum atomic E-state index is 12.9. The van der Waals surface area contributed by atoms with Crippen molar-refractivity contribution in [2.24, 2.45) is 0 Å². The average molecular weight is 276 g/mol. The lowest BCUT2D eigenvalue weighted by Gasteiger charge is -2.13. The molecule has 0 radical (unpaired) electrons. The number of hydrogen-bond donors (Lipinski definition) is 0. The summed E-state index contributed by atoms with van der Waals surface area (Å²) < 4.78 is 25.2. The lowest BCUT2D eigenvalue weighted by molar-refractivity contribution is 0.626. The van der Waals surface area contributed by atoms with Gasteiger partial charge in [0, 0.05) is 16.6 Å². The zero-order valence-corrected chi connectivity index (χ0v) is 11.9. The van der Waals surface area contributed by atoms with Crippen LogP contribution in [0.5, 0.6) is 0 Å². The van der Waals surface area contributed by atoms with Crippen LogP contribution in [0, 0.1) is 12.7 Å². The Morgan fingerprint density at radius 3 is 2.37 bits per heavy atom. The van der Waals surface area contributed by atoms with Crippen molar-refractivity contribution in [1.82, 2.24) is 0 Å². The van der Waals surface area contributed by atoms with Gasteiger partial charge < -0.3 is 0 Å². The highest BCUT2D eigenvalue weighted by molar-refractivity contribution is 7.84. The molecule has 0 aliphatic heterocycles. The van der Waals surface area contributed by atoms with Gasteiger partial charge in [0.2, 0.25) is 0 Å². The highest BCUT2D eigenvalue weighted by atomic mass is 32.2. The minimum Gasteiger partial charge on any atom is -0.259 e. The third-order valence-corrected chi connectivity index (χ3v) is 4.95. The first-order chi connectivity index (χ1) is 9.08. The van der Waals surface area contributed by atoms with Crippen molar-refractivity contribution in [2.75, 3.05) is 0 Å². The first-order valence-corrected chi connectivity index (χ1v) is 7.63. The van der Waals surface area contributed by atoms with E-state index in [1.165, 1.54) is 12.1 Å². The summed E-state index contributed by atoms with van der Waals surface area (Å²) in [6.45, 7) is 3.94. The number of aryl methyl sites for hydroxylation is 1. The summed E-state index contributed by atoms with van der Waals surface area (Å²) in [5.41, 5.74) is 3.17. The van der Waals surface area contributed by atoms with E-state index < -0.39 is 10.8 Å². The molecular formula is C16H17FOS. The Morgan fingerprint density at radius 1 is 1.11 bits per heavy atom. The van der Waals surface area contributed by atoms with Gasteiger partial charge >= 0.3 is 0 Å². The SMILES string of the molecule is Cc1ccccc1C[S@](=O)[C@H](C)c1ccc(F)cc1. The van der Waals surface area contributed by atoms with Crippen LogP contribution >= 0.6 is 0 Å². The Hall–Kier alpha value is -1.48. The molecule has 0 aromatic heterocycles. The van der Waals surface area contributed by atoms with Gasteiger partial charge in [0.1, 0.15) is 5.82 Å². The van der Waals surface area contributed by atoms with E-state index in [2.05, 4.69) is 0 Å². The molecule has 1 nitrogen and oxygen atoms in total. The summed E-state index contributed by atoms with van der Waals surface area (Å²) in [7, 11) is -1.01. The molecule has 0 heterocycles. The smallest absolute Gasteiger partial charge is 0.123 e. The summed E-state index contributed by atoms with van der Waals surface area (Å²) in [5.74, 6) is 0.270. The van der Waals surface area contributed by atoms with Crippen LogP contribution in [-0.2, 0) is 16.6 Å². The second-order valence-corrected chi connectivity index (χ2v) is 6.40. The Bertz CT molecular complexity index is 578. The molecule has 100 valence electrons. The number of halogens is 1. The molecule has 0 amide bonds. The predicted molar refractivity (Wildman–Crippen MR) is 77.8 cm³/mol. The minimum atomic E-state index is -1.01. The van der Waals surface area contributed by atoms with Gasteiger partial charge in [-0.05, 0) is 42.7 Å². The van der Waals surface area contributed by atoms with Crippen molar-refractivity contribution in [3.05, 3.63) is 71.0 Å². The minimum absolute atomic E-state index is 0.0970. The van der Waals surface area contributed by atoms with Crippen LogP contribution in [0.15, 0.2) is 48.5 Å². The molecule has 2 atom stereocenters. The van der Waals surface area contributed by atoms with E-state index in [1.807, 2.05) is 38.1 Å². The monoisotopic (exact) mass is 276 g/mol. The van der Waals surface area contributed by atoms with E-state index in [0.717, 1.165) is 16.7 Å². The molecule has 2 rings (SSSR count). The van der Waals surface area contributed by atoms with Gasteiger partial charge in [0.25, 0.3) is 0 Å². The van der Waals surface area contributed by atoms with Crippen molar-refractivity contribution < 1.29 is 8.60 Å². The first-order valence-electron chi connectivity index (χ1n) is 6.25. The summed E-state index contributed by atoms with van der Waals surface area (Å²) in [6, 6.07) is 14.2. The van der Waals surface area contributed by atoms with E-state index in [4.69, 9.17) is 0 Å². The van der Waals surface area contributed by atoms with Gasteiger partial charge in [-0.2, -0.15) is 0 Å². The Kier molecular flexibility index (Phi) is 4.48. The Labute approximate surface area is 115 Å². The molecule has 0 saturated carbocycles. The van der Waals surface area contributed by atoms with Gasteiger partial charge in [0.15, 0.2) is 0 Å². The molecule has 0 N–H and O–H groups in total. The van der Waals surface area contributed by atoms with Crippen LogP contribution in [0.25, 0.3) is 0 Å². The van der Waals surface area contributed by atoms with Crippen molar-refractivity contribution in [3.63, 3.8) is 0 Å². The van der Waals surface area contributed by atoms with Crippen molar-refractivity contribution in [1.29, 1.82) is 0 Å². The third-order valence-electron chi connectivity index (χ3n) is 3.29. The van der Waals surface area contributed by atoms with Gasteiger partial charge in [0.05, 0.1) is 5.25 Å². The predicted octanol–water partition coefficient (Wildman–Crippen LogP) is 4.14. The number of benzene rings is 2. The van der Waals surface area contributed by atoms with Crippen molar-refractivity contribution in [3.8, 4) is 0 Å². The molecule has 0 saturated heterocycles.